The van der Waals surface area contributed by atoms with Gasteiger partial charge < -0.3 is 14.8 Å². The fraction of sp³-hybridized carbons (Fsp3) is 0.273. The maximum Gasteiger partial charge on any atom is 0.340 e. The zero-order valence-corrected chi connectivity index (χ0v) is 21.4. The number of halogens is 1. The van der Waals surface area contributed by atoms with Gasteiger partial charge in [0.1, 0.15) is 17.4 Å². The molecule has 0 aliphatic heterocycles. The molecule has 1 amide bonds. The third-order valence-electron chi connectivity index (χ3n) is 4.41. The van der Waals surface area contributed by atoms with Crippen LogP contribution in [0.5, 0.6) is 5.75 Å². The topological polar surface area (TPSA) is 95.3 Å². The first-order valence-corrected chi connectivity index (χ1v) is 12.6. The number of hydrogen-bond donors (Lipinski definition) is 1. The molecule has 174 valence electrons. The van der Waals surface area contributed by atoms with E-state index < -0.39 is 5.97 Å². The number of nitrogens with one attached hydrogen (secondary N) is 1. The Labute approximate surface area is 208 Å². The number of thioether (sulfide) groups is 1. The molecule has 0 aliphatic carbocycles. The molecule has 3 rings (SSSR count). The minimum Gasteiger partial charge on any atom is -0.486 e. The van der Waals surface area contributed by atoms with Crippen LogP contribution in [0.1, 0.15) is 28.0 Å². The van der Waals surface area contributed by atoms with E-state index in [1.54, 1.807) is 12.1 Å². The first kappa shape index (κ1) is 25.0. The molecule has 3 aromatic rings. The van der Waals surface area contributed by atoms with Gasteiger partial charge in [0.25, 0.3) is 0 Å². The average molecular weight is 551 g/mol. The van der Waals surface area contributed by atoms with Gasteiger partial charge in [0.05, 0.1) is 18.4 Å². The number of carbonyl (C=O) groups is 2. The third kappa shape index (κ3) is 6.68. The normalized spacial score (nSPS) is 10.6. The van der Waals surface area contributed by atoms with E-state index in [-0.39, 0.29) is 18.3 Å². The molecule has 0 aliphatic rings. The molecule has 0 atom stereocenters. The van der Waals surface area contributed by atoms with Gasteiger partial charge in [-0.1, -0.05) is 40.7 Å². The van der Waals surface area contributed by atoms with Gasteiger partial charge in [0.2, 0.25) is 5.91 Å². The smallest absolute Gasteiger partial charge is 0.340 e. The first-order valence-electron chi connectivity index (χ1n) is 10.00. The fourth-order valence-corrected chi connectivity index (χ4v) is 4.82. The Morgan fingerprint density at radius 2 is 2.06 bits per heavy atom. The molecular weight excluding hydrogens is 528 g/mol. The number of benzene rings is 1. The lowest BCUT2D eigenvalue weighted by atomic mass is 10.2. The summed E-state index contributed by atoms with van der Waals surface area (Å²) in [5.74, 6) is 0.705. The Bertz CT molecular complexity index is 1130. The summed E-state index contributed by atoms with van der Waals surface area (Å²) in [6.07, 6.45) is 2.49. The van der Waals surface area contributed by atoms with E-state index in [0.29, 0.717) is 33.8 Å². The lowest BCUT2D eigenvalue weighted by Crippen LogP contribution is -2.16. The van der Waals surface area contributed by atoms with Crippen LogP contribution in [0.15, 0.2) is 52.6 Å². The minimum absolute atomic E-state index is 0.100. The van der Waals surface area contributed by atoms with Crippen LogP contribution >= 0.6 is 39.0 Å². The van der Waals surface area contributed by atoms with Gasteiger partial charge >= 0.3 is 5.97 Å². The highest BCUT2D eigenvalue weighted by molar-refractivity contribution is 9.10. The molecule has 0 unspecified atom stereocenters. The number of aryl methyl sites for hydroxylation is 1. The van der Waals surface area contributed by atoms with Crippen molar-refractivity contribution in [3.63, 3.8) is 0 Å². The van der Waals surface area contributed by atoms with E-state index in [4.69, 9.17) is 9.47 Å². The quantitative estimate of drug-likeness (QED) is 0.205. The number of rotatable bonds is 11. The molecule has 0 saturated carbocycles. The second kappa shape index (κ2) is 12.0. The van der Waals surface area contributed by atoms with Crippen LogP contribution in [-0.2, 0) is 29.1 Å². The second-order valence-electron chi connectivity index (χ2n) is 6.68. The number of methoxy groups -OCH3 is 1. The largest absolute Gasteiger partial charge is 0.486 e. The van der Waals surface area contributed by atoms with E-state index in [9.17, 15) is 9.59 Å². The Morgan fingerprint density at radius 3 is 2.73 bits per heavy atom. The molecular formula is C22H23BrN4O4S2. The molecule has 0 saturated heterocycles. The molecule has 0 bridgehead atoms. The van der Waals surface area contributed by atoms with Crippen LogP contribution in [0.2, 0.25) is 0 Å². The van der Waals surface area contributed by atoms with Crippen molar-refractivity contribution in [1.29, 1.82) is 0 Å². The Balaban J connectivity index is 1.64. The SMILES string of the molecule is C=CCn1c(COc2ccc(Br)cc2)nnc1SCC(=O)Nc1sc(CC)cc1C(=O)OC. The lowest BCUT2D eigenvalue weighted by molar-refractivity contribution is -0.113. The van der Waals surface area contributed by atoms with Crippen molar-refractivity contribution in [3.05, 3.63) is 63.7 Å². The van der Waals surface area contributed by atoms with Crippen LogP contribution in [0.4, 0.5) is 5.00 Å². The summed E-state index contributed by atoms with van der Waals surface area (Å²) in [6, 6.07) is 9.25. The van der Waals surface area contributed by atoms with Crippen molar-refractivity contribution < 1.29 is 19.1 Å². The van der Waals surface area contributed by atoms with Gasteiger partial charge in [-0.15, -0.1) is 28.1 Å². The highest BCUT2D eigenvalue weighted by atomic mass is 79.9. The van der Waals surface area contributed by atoms with Crippen LogP contribution in [0.3, 0.4) is 0 Å². The van der Waals surface area contributed by atoms with Crippen molar-refractivity contribution in [2.75, 3.05) is 18.2 Å². The van der Waals surface area contributed by atoms with Crippen molar-refractivity contribution in [1.82, 2.24) is 14.8 Å². The van der Waals surface area contributed by atoms with E-state index in [0.717, 1.165) is 15.8 Å². The summed E-state index contributed by atoms with van der Waals surface area (Å²) in [7, 11) is 1.32. The lowest BCUT2D eigenvalue weighted by Gasteiger charge is -2.09. The maximum absolute atomic E-state index is 12.6. The first-order chi connectivity index (χ1) is 15.9. The van der Waals surface area contributed by atoms with E-state index in [2.05, 4.69) is 38.0 Å². The number of aromatic nitrogens is 3. The zero-order valence-electron chi connectivity index (χ0n) is 18.2. The molecule has 33 heavy (non-hydrogen) atoms. The van der Waals surface area contributed by atoms with Gasteiger partial charge in [-0.2, -0.15) is 0 Å². The van der Waals surface area contributed by atoms with Gasteiger partial charge in [-0.05, 0) is 36.8 Å². The maximum atomic E-state index is 12.6. The second-order valence-corrected chi connectivity index (χ2v) is 9.67. The zero-order chi connectivity index (χ0) is 23.8. The highest BCUT2D eigenvalue weighted by Gasteiger charge is 2.19. The predicted molar refractivity (Wildman–Crippen MR) is 133 cm³/mol. The van der Waals surface area contributed by atoms with Crippen molar-refractivity contribution >= 4 is 55.9 Å². The molecule has 1 aromatic carbocycles. The van der Waals surface area contributed by atoms with Crippen LogP contribution < -0.4 is 10.1 Å². The fourth-order valence-electron chi connectivity index (χ4n) is 2.79. The van der Waals surface area contributed by atoms with E-state index in [1.165, 1.54) is 30.2 Å². The number of ether oxygens (including phenoxy) is 2. The summed E-state index contributed by atoms with van der Waals surface area (Å²) in [4.78, 5) is 25.6. The van der Waals surface area contributed by atoms with Gasteiger partial charge in [-0.3, -0.25) is 9.36 Å². The van der Waals surface area contributed by atoms with Gasteiger partial charge in [0.15, 0.2) is 11.0 Å². The van der Waals surface area contributed by atoms with E-state index in [1.807, 2.05) is 35.8 Å². The molecule has 2 heterocycles. The van der Waals surface area contributed by atoms with Crippen molar-refractivity contribution in [2.45, 2.75) is 31.7 Å². The summed E-state index contributed by atoms with van der Waals surface area (Å²) in [5.41, 5.74) is 0.361. The van der Waals surface area contributed by atoms with Crippen molar-refractivity contribution in [3.8, 4) is 5.75 Å². The Hall–Kier alpha value is -2.63. The van der Waals surface area contributed by atoms with Gasteiger partial charge in [-0.25, -0.2) is 4.79 Å². The van der Waals surface area contributed by atoms with Crippen molar-refractivity contribution in [2.24, 2.45) is 0 Å². The number of carbonyl (C=O) groups excluding carboxylic acids is 2. The molecule has 0 spiro atoms. The van der Waals surface area contributed by atoms with Crippen LogP contribution in [0.25, 0.3) is 0 Å². The van der Waals surface area contributed by atoms with Crippen LogP contribution in [-0.4, -0.2) is 39.5 Å². The van der Waals surface area contributed by atoms with E-state index >= 15 is 0 Å². The molecule has 11 heteroatoms. The number of esters is 1. The molecule has 8 nitrogen and oxygen atoms in total. The number of nitrogens with zero attached hydrogens (tertiary/aromatic N) is 3. The Kier molecular flexibility index (Phi) is 9.10. The monoisotopic (exact) mass is 550 g/mol. The molecule has 1 N–H and O–H groups in total. The summed E-state index contributed by atoms with van der Waals surface area (Å²) in [6.45, 7) is 6.48. The number of anilines is 1. The molecule has 0 fully saturated rings. The van der Waals surface area contributed by atoms with Gasteiger partial charge in [0, 0.05) is 15.9 Å². The minimum atomic E-state index is -0.477. The number of allylic oxidation sites excluding steroid dienone is 1. The van der Waals surface area contributed by atoms with Crippen LogP contribution in [0, 0.1) is 0 Å². The summed E-state index contributed by atoms with van der Waals surface area (Å²) < 4.78 is 13.4. The molecule has 0 radical (unpaired) electrons. The number of amides is 1. The standard InChI is InChI=1S/C22H23BrN4O4S2/c1-4-10-27-18(12-31-15-8-6-14(23)7-9-15)25-26-22(27)32-13-19(28)24-20-17(21(29)30-3)11-16(5-2)33-20/h4,6-9,11H,1,5,10,12-13H2,2-3H3,(H,24,28). The third-order valence-corrected chi connectivity index (χ3v) is 7.10. The highest BCUT2D eigenvalue weighted by Crippen LogP contribution is 2.30. The molecule has 2 aromatic heterocycles. The number of hydrogen-bond acceptors (Lipinski definition) is 8. The Morgan fingerprint density at radius 1 is 1.30 bits per heavy atom. The predicted octanol–water partition coefficient (Wildman–Crippen LogP) is 4.95. The summed E-state index contributed by atoms with van der Waals surface area (Å²) in [5, 5.41) is 12.3. The average Bonchev–Trinajstić information content (AvgIpc) is 3.40. The summed E-state index contributed by atoms with van der Waals surface area (Å²) >= 11 is 6.01. The number of thiophene rings is 1.